The number of nitrogen functional groups attached to an aromatic ring is 1. The number of nitrogens with zero attached hydrogens (tertiary/aromatic N) is 5. The fourth-order valence-corrected chi connectivity index (χ4v) is 3.50. The molecule has 0 atom stereocenters. The molecule has 24 heavy (non-hydrogen) atoms. The van der Waals surface area contributed by atoms with E-state index >= 15 is 0 Å². The Morgan fingerprint density at radius 3 is 2.54 bits per heavy atom. The highest BCUT2D eigenvalue weighted by molar-refractivity contribution is 7.99. The van der Waals surface area contributed by atoms with Gasteiger partial charge < -0.3 is 15.5 Å². The van der Waals surface area contributed by atoms with Crippen molar-refractivity contribution in [2.75, 3.05) is 49.6 Å². The van der Waals surface area contributed by atoms with E-state index in [0.717, 1.165) is 56.5 Å². The van der Waals surface area contributed by atoms with Crippen molar-refractivity contribution < 1.29 is 0 Å². The summed E-state index contributed by atoms with van der Waals surface area (Å²) in [5.74, 6) is 2.88. The minimum Gasteiger partial charge on any atom is -0.368 e. The predicted octanol–water partition coefficient (Wildman–Crippen LogP) is 1.93. The molecule has 0 radical (unpaired) electrons. The molecule has 7 heteroatoms. The normalized spacial score (nSPS) is 15.6. The average Bonchev–Trinajstić information content (AvgIpc) is 2.60. The number of piperazine rings is 1. The van der Waals surface area contributed by atoms with Gasteiger partial charge in [-0.2, -0.15) is 15.0 Å². The maximum Gasteiger partial charge on any atom is 0.230 e. The van der Waals surface area contributed by atoms with Crippen molar-refractivity contribution in [2.45, 2.75) is 17.7 Å². The third-order valence-electron chi connectivity index (χ3n) is 4.03. The van der Waals surface area contributed by atoms with Crippen LogP contribution in [0.3, 0.4) is 0 Å². The van der Waals surface area contributed by atoms with E-state index in [0.29, 0.717) is 5.95 Å². The van der Waals surface area contributed by atoms with Crippen molar-refractivity contribution in [1.29, 1.82) is 0 Å². The Morgan fingerprint density at radius 1 is 1.04 bits per heavy atom. The first kappa shape index (κ1) is 17.0. The lowest BCUT2D eigenvalue weighted by Gasteiger charge is -2.32. The van der Waals surface area contributed by atoms with Crippen LogP contribution in [0.1, 0.15) is 12.2 Å². The number of benzene rings is 1. The third-order valence-corrected chi connectivity index (χ3v) is 5.13. The molecular weight excluding hydrogens is 320 g/mol. The number of nitrogens with two attached hydrogens (primary N) is 1. The minimum absolute atomic E-state index is 0.324. The van der Waals surface area contributed by atoms with Gasteiger partial charge in [0.2, 0.25) is 11.9 Å². The monoisotopic (exact) mass is 344 g/mol. The second-order valence-corrected chi connectivity index (χ2v) is 7.13. The van der Waals surface area contributed by atoms with E-state index in [1.54, 1.807) is 0 Å². The van der Waals surface area contributed by atoms with Gasteiger partial charge in [-0.05, 0) is 31.4 Å². The van der Waals surface area contributed by atoms with Gasteiger partial charge in [-0.15, -0.1) is 11.8 Å². The summed E-state index contributed by atoms with van der Waals surface area (Å²) in [6.45, 7) is 3.91. The Balaban J connectivity index is 1.54. The highest BCUT2D eigenvalue weighted by Crippen LogP contribution is 2.19. The van der Waals surface area contributed by atoms with E-state index in [9.17, 15) is 0 Å². The first-order valence-corrected chi connectivity index (χ1v) is 9.31. The first-order valence-electron chi connectivity index (χ1n) is 8.32. The molecule has 0 amide bonds. The predicted molar refractivity (Wildman–Crippen MR) is 99.4 cm³/mol. The van der Waals surface area contributed by atoms with Gasteiger partial charge in [0.15, 0.2) is 0 Å². The molecule has 0 spiro atoms. The molecule has 1 saturated heterocycles. The number of aromatic nitrogens is 3. The van der Waals surface area contributed by atoms with Crippen LogP contribution in [0.5, 0.6) is 0 Å². The molecule has 0 aliphatic carbocycles. The molecular formula is C17H24N6S. The molecule has 1 aromatic heterocycles. The Morgan fingerprint density at radius 2 is 1.79 bits per heavy atom. The number of rotatable bonds is 6. The first-order chi connectivity index (χ1) is 11.7. The molecule has 2 aromatic rings. The average molecular weight is 344 g/mol. The van der Waals surface area contributed by atoms with Crippen molar-refractivity contribution in [1.82, 2.24) is 19.9 Å². The zero-order valence-corrected chi connectivity index (χ0v) is 14.9. The molecule has 1 aliphatic heterocycles. The van der Waals surface area contributed by atoms with Gasteiger partial charge in [0.05, 0.1) is 0 Å². The number of hydrogen-bond donors (Lipinski definition) is 1. The smallest absolute Gasteiger partial charge is 0.230 e. The Hall–Kier alpha value is -1.86. The lowest BCUT2D eigenvalue weighted by Crippen LogP contribution is -2.45. The standard InChI is InChI=1S/C17H24N6S/c1-22-9-11-23(12-10-22)17-20-15(19-16(18)21-17)8-5-13-24-14-6-3-2-4-7-14/h2-4,6-7H,5,8-13H2,1H3,(H2,18,19,20,21). The summed E-state index contributed by atoms with van der Waals surface area (Å²) in [4.78, 5) is 19.0. The number of aryl methyl sites for hydroxylation is 1. The van der Waals surface area contributed by atoms with Crippen LogP contribution < -0.4 is 10.6 Å². The maximum atomic E-state index is 5.88. The lowest BCUT2D eigenvalue weighted by atomic mass is 10.3. The highest BCUT2D eigenvalue weighted by Gasteiger charge is 2.17. The fraction of sp³-hybridized carbons (Fsp3) is 0.471. The van der Waals surface area contributed by atoms with Crippen LogP contribution in [0.25, 0.3) is 0 Å². The van der Waals surface area contributed by atoms with E-state index in [2.05, 4.69) is 56.1 Å². The summed E-state index contributed by atoms with van der Waals surface area (Å²) in [5.41, 5.74) is 5.88. The highest BCUT2D eigenvalue weighted by atomic mass is 32.2. The zero-order valence-electron chi connectivity index (χ0n) is 14.1. The SMILES string of the molecule is CN1CCN(c2nc(N)nc(CCCSc3ccccc3)n2)CC1. The largest absolute Gasteiger partial charge is 0.368 e. The van der Waals surface area contributed by atoms with Crippen LogP contribution >= 0.6 is 11.8 Å². The van der Waals surface area contributed by atoms with E-state index in [4.69, 9.17) is 5.73 Å². The van der Waals surface area contributed by atoms with Crippen molar-refractivity contribution in [3.8, 4) is 0 Å². The van der Waals surface area contributed by atoms with Gasteiger partial charge in [0.1, 0.15) is 5.82 Å². The van der Waals surface area contributed by atoms with Crippen molar-refractivity contribution >= 4 is 23.7 Å². The molecule has 2 heterocycles. The lowest BCUT2D eigenvalue weighted by molar-refractivity contribution is 0.311. The van der Waals surface area contributed by atoms with E-state index in [-0.39, 0.29) is 0 Å². The Bertz CT molecular complexity index is 643. The van der Waals surface area contributed by atoms with E-state index in [1.807, 2.05) is 17.8 Å². The summed E-state index contributed by atoms with van der Waals surface area (Å²) in [7, 11) is 2.13. The molecule has 0 saturated carbocycles. The minimum atomic E-state index is 0.324. The molecule has 3 rings (SSSR count). The Labute approximate surface area is 147 Å². The molecule has 1 aliphatic rings. The van der Waals surface area contributed by atoms with Crippen molar-refractivity contribution in [3.63, 3.8) is 0 Å². The van der Waals surface area contributed by atoms with Gasteiger partial charge in [-0.1, -0.05) is 18.2 Å². The summed E-state index contributed by atoms with van der Waals surface area (Å²) < 4.78 is 0. The van der Waals surface area contributed by atoms with Crippen LogP contribution in [0.4, 0.5) is 11.9 Å². The Kier molecular flexibility index (Phi) is 5.87. The number of hydrogen-bond acceptors (Lipinski definition) is 7. The van der Waals surface area contributed by atoms with Crippen LogP contribution in [0, 0.1) is 0 Å². The van der Waals surface area contributed by atoms with Gasteiger partial charge in [0.25, 0.3) is 0 Å². The number of thioether (sulfide) groups is 1. The molecule has 128 valence electrons. The van der Waals surface area contributed by atoms with Gasteiger partial charge in [-0.25, -0.2) is 0 Å². The number of anilines is 2. The molecule has 1 fully saturated rings. The second-order valence-electron chi connectivity index (χ2n) is 5.97. The van der Waals surface area contributed by atoms with Crippen molar-refractivity contribution in [2.24, 2.45) is 0 Å². The van der Waals surface area contributed by atoms with E-state index in [1.165, 1.54) is 4.90 Å². The summed E-state index contributed by atoms with van der Waals surface area (Å²) in [6.07, 6.45) is 1.85. The van der Waals surface area contributed by atoms with Crippen LogP contribution in [-0.2, 0) is 6.42 Å². The second kappa shape index (κ2) is 8.30. The van der Waals surface area contributed by atoms with Crippen LogP contribution in [-0.4, -0.2) is 58.8 Å². The van der Waals surface area contributed by atoms with Gasteiger partial charge in [0, 0.05) is 37.5 Å². The topological polar surface area (TPSA) is 71.2 Å². The van der Waals surface area contributed by atoms with Gasteiger partial charge >= 0.3 is 0 Å². The third kappa shape index (κ3) is 4.82. The molecule has 6 nitrogen and oxygen atoms in total. The van der Waals surface area contributed by atoms with Crippen LogP contribution in [0.2, 0.25) is 0 Å². The molecule has 1 aromatic carbocycles. The summed E-state index contributed by atoms with van der Waals surface area (Å²) in [6, 6.07) is 10.4. The maximum absolute atomic E-state index is 5.88. The molecule has 0 bridgehead atoms. The van der Waals surface area contributed by atoms with Gasteiger partial charge in [-0.3, -0.25) is 0 Å². The quantitative estimate of drug-likeness (QED) is 0.634. The van der Waals surface area contributed by atoms with Crippen molar-refractivity contribution in [3.05, 3.63) is 36.2 Å². The summed E-state index contributed by atoms with van der Waals surface area (Å²) in [5, 5.41) is 0. The molecule has 0 unspecified atom stereocenters. The van der Waals surface area contributed by atoms with Crippen LogP contribution in [0.15, 0.2) is 35.2 Å². The zero-order chi connectivity index (χ0) is 16.8. The number of likely N-dealkylation sites (N-methyl/N-ethyl adjacent to an activating group) is 1. The van der Waals surface area contributed by atoms with E-state index < -0.39 is 0 Å². The summed E-state index contributed by atoms with van der Waals surface area (Å²) >= 11 is 1.86. The fourth-order valence-electron chi connectivity index (χ4n) is 2.62. The molecule has 2 N–H and O–H groups in total.